The van der Waals surface area contributed by atoms with Crippen molar-refractivity contribution < 1.29 is 0 Å². The molecule has 0 radical (unpaired) electrons. The smallest absolute Gasteiger partial charge is 0.0900 e. The van der Waals surface area contributed by atoms with Gasteiger partial charge in [0.15, 0.2) is 0 Å². The van der Waals surface area contributed by atoms with Crippen LogP contribution in [0.25, 0.3) is 0 Å². The molecule has 1 unspecified atom stereocenters. The molecule has 3 nitrogen and oxygen atoms in total. The molecule has 0 aliphatic rings. The van der Waals surface area contributed by atoms with Crippen LogP contribution in [0, 0.1) is 13.8 Å². The quantitative estimate of drug-likeness (QED) is 0.830. The third-order valence-corrected chi connectivity index (χ3v) is 4.31. The van der Waals surface area contributed by atoms with E-state index in [9.17, 15) is 0 Å². The molecule has 0 amide bonds. The number of rotatable bonds is 3. The second-order valence-electron chi connectivity index (χ2n) is 4.25. The maximum Gasteiger partial charge on any atom is 0.0900 e. The number of nitrogens with one attached hydrogen (secondary N) is 1. The molecule has 3 N–H and O–H groups in total. The topological polar surface area (TPSA) is 50.9 Å². The number of anilines is 2. The lowest BCUT2D eigenvalue weighted by Crippen LogP contribution is -2.08. The lowest BCUT2D eigenvalue weighted by atomic mass is 10.2. The number of nitrogen functional groups attached to an aromatic ring is 1. The Hall–Kier alpha value is -1.26. The van der Waals surface area contributed by atoms with Crippen molar-refractivity contribution in [2.75, 3.05) is 11.1 Å². The first-order chi connectivity index (χ1) is 8.49. The van der Waals surface area contributed by atoms with Crippen LogP contribution in [0.15, 0.2) is 18.2 Å². The van der Waals surface area contributed by atoms with E-state index in [-0.39, 0.29) is 6.04 Å². The maximum absolute atomic E-state index is 6.15. The molecule has 5 heteroatoms. The van der Waals surface area contributed by atoms with Gasteiger partial charge in [-0.25, -0.2) is 4.98 Å². The van der Waals surface area contributed by atoms with E-state index in [1.54, 1.807) is 11.3 Å². The van der Waals surface area contributed by atoms with Crippen LogP contribution in [-0.4, -0.2) is 4.98 Å². The number of hydrogen-bond acceptors (Lipinski definition) is 4. The fraction of sp³-hybridized carbons (Fsp3) is 0.308. The monoisotopic (exact) mass is 281 g/mol. The van der Waals surface area contributed by atoms with Gasteiger partial charge in [0.25, 0.3) is 0 Å². The molecule has 2 rings (SSSR count). The maximum atomic E-state index is 6.15. The molecule has 96 valence electrons. The van der Waals surface area contributed by atoms with Crippen molar-refractivity contribution in [2.24, 2.45) is 0 Å². The van der Waals surface area contributed by atoms with Crippen LogP contribution in [0.4, 0.5) is 11.4 Å². The number of halogens is 1. The van der Waals surface area contributed by atoms with Gasteiger partial charge >= 0.3 is 0 Å². The number of benzene rings is 1. The van der Waals surface area contributed by atoms with Crippen LogP contribution in [-0.2, 0) is 0 Å². The summed E-state index contributed by atoms with van der Waals surface area (Å²) < 4.78 is 0. The largest absolute Gasteiger partial charge is 0.397 e. The van der Waals surface area contributed by atoms with Crippen LogP contribution >= 0.6 is 22.9 Å². The fourth-order valence-corrected chi connectivity index (χ4v) is 3.09. The minimum atomic E-state index is 0.137. The van der Waals surface area contributed by atoms with Crippen LogP contribution in [0.5, 0.6) is 0 Å². The first-order valence-electron chi connectivity index (χ1n) is 5.73. The summed E-state index contributed by atoms with van der Waals surface area (Å²) in [6.07, 6.45) is 0. The summed E-state index contributed by atoms with van der Waals surface area (Å²) >= 11 is 7.85. The molecule has 1 heterocycles. The Morgan fingerprint density at radius 2 is 2.11 bits per heavy atom. The molecule has 0 saturated heterocycles. The van der Waals surface area contributed by atoms with Crippen molar-refractivity contribution >= 4 is 34.3 Å². The van der Waals surface area contributed by atoms with Gasteiger partial charge < -0.3 is 11.1 Å². The standard InChI is InChI=1S/C13H16ClN3S/c1-7-13(18-9(3)16-7)8(2)17-12-10(14)5-4-6-11(12)15/h4-6,8,17H,15H2,1-3H3. The molecule has 1 aromatic heterocycles. The van der Waals surface area contributed by atoms with E-state index in [0.29, 0.717) is 10.7 Å². The minimum absolute atomic E-state index is 0.137. The van der Waals surface area contributed by atoms with Crippen molar-refractivity contribution in [3.63, 3.8) is 0 Å². The van der Waals surface area contributed by atoms with Crippen LogP contribution < -0.4 is 11.1 Å². The van der Waals surface area contributed by atoms with Gasteiger partial charge in [0.05, 0.1) is 33.1 Å². The predicted octanol–water partition coefficient (Wildman–Crippen LogP) is 4.17. The Balaban J connectivity index is 2.26. The first-order valence-corrected chi connectivity index (χ1v) is 6.93. The summed E-state index contributed by atoms with van der Waals surface area (Å²) in [5.74, 6) is 0. The molecular weight excluding hydrogens is 266 g/mol. The van der Waals surface area contributed by atoms with E-state index in [2.05, 4.69) is 17.2 Å². The summed E-state index contributed by atoms with van der Waals surface area (Å²) in [7, 11) is 0. The molecule has 0 saturated carbocycles. The second-order valence-corrected chi connectivity index (χ2v) is 5.89. The Bertz CT molecular complexity index is 545. The lowest BCUT2D eigenvalue weighted by Gasteiger charge is -2.17. The average Bonchev–Trinajstić information content (AvgIpc) is 2.63. The lowest BCUT2D eigenvalue weighted by molar-refractivity contribution is 0.890. The highest BCUT2D eigenvalue weighted by atomic mass is 35.5. The zero-order valence-electron chi connectivity index (χ0n) is 10.6. The number of hydrogen-bond donors (Lipinski definition) is 2. The van der Waals surface area contributed by atoms with Gasteiger partial charge in [0.1, 0.15) is 0 Å². The molecule has 18 heavy (non-hydrogen) atoms. The summed E-state index contributed by atoms with van der Waals surface area (Å²) in [4.78, 5) is 5.65. The second kappa shape index (κ2) is 5.16. The molecule has 2 aromatic rings. The zero-order chi connectivity index (χ0) is 13.3. The Morgan fingerprint density at radius 1 is 1.39 bits per heavy atom. The van der Waals surface area contributed by atoms with E-state index in [0.717, 1.165) is 16.4 Å². The fourth-order valence-electron chi connectivity index (χ4n) is 1.92. The number of nitrogens with zero attached hydrogens (tertiary/aromatic N) is 1. The summed E-state index contributed by atoms with van der Waals surface area (Å²) in [5.41, 5.74) is 8.44. The molecular formula is C13H16ClN3S. The minimum Gasteiger partial charge on any atom is -0.397 e. The molecule has 1 aromatic carbocycles. The van der Waals surface area contributed by atoms with Gasteiger partial charge in [0, 0.05) is 4.88 Å². The predicted molar refractivity (Wildman–Crippen MR) is 79.5 cm³/mol. The van der Waals surface area contributed by atoms with E-state index in [4.69, 9.17) is 17.3 Å². The Morgan fingerprint density at radius 3 is 2.67 bits per heavy atom. The highest BCUT2D eigenvalue weighted by Crippen LogP contribution is 2.33. The van der Waals surface area contributed by atoms with Crippen LogP contribution in [0.3, 0.4) is 0 Å². The van der Waals surface area contributed by atoms with E-state index in [1.165, 1.54) is 4.88 Å². The molecule has 0 aliphatic carbocycles. The number of aryl methyl sites for hydroxylation is 2. The molecule has 1 atom stereocenters. The summed E-state index contributed by atoms with van der Waals surface area (Å²) in [5, 5.41) is 5.07. The van der Waals surface area contributed by atoms with E-state index in [1.807, 2.05) is 32.0 Å². The van der Waals surface area contributed by atoms with Gasteiger partial charge in [-0.2, -0.15) is 0 Å². The van der Waals surface area contributed by atoms with E-state index < -0.39 is 0 Å². The van der Waals surface area contributed by atoms with Crippen molar-refractivity contribution in [1.82, 2.24) is 4.98 Å². The highest BCUT2D eigenvalue weighted by Gasteiger charge is 2.15. The first kappa shape index (κ1) is 13.2. The van der Waals surface area contributed by atoms with Gasteiger partial charge in [-0.15, -0.1) is 11.3 Å². The molecule has 0 spiro atoms. The van der Waals surface area contributed by atoms with Gasteiger partial charge in [0.2, 0.25) is 0 Å². The number of para-hydroxylation sites is 1. The molecule has 0 bridgehead atoms. The van der Waals surface area contributed by atoms with Crippen molar-refractivity contribution in [1.29, 1.82) is 0 Å². The summed E-state index contributed by atoms with van der Waals surface area (Å²) in [6, 6.07) is 5.65. The Labute approximate surface area is 116 Å². The number of thiazole rings is 1. The summed E-state index contributed by atoms with van der Waals surface area (Å²) in [6.45, 7) is 6.12. The van der Waals surface area contributed by atoms with Gasteiger partial charge in [-0.05, 0) is 32.9 Å². The zero-order valence-corrected chi connectivity index (χ0v) is 12.2. The van der Waals surface area contributed by atoms with Gasteiger partial charge in [-0.3, -0.25) is 0 Å². The molecule has 0 aliphatic heterocycles. The Kier molecular flexibility index (Phi) is 3.78. The SMILES string of the molecule is Cc1nc(C)c(C(C)Nc2c(N)cccc2Cl)s1. The normalized spacial score (nSPS) is 12.4. The van der Waals surface area contributed by atoms with Gasteiger partial charge in [-0.1, -0.05) is 17.7 Å². The van der Waals surface area contributed by atoms with Crippen LogP contribution in [0.2, 0.25) is 5.02 Å². The van der Waals surface area contributed by atoms with Crippen molar-refractivity contribution in [3.8, 4) is 0 Å². The molecule has 0 fully saturated rings. The number of nitrogens with two attached hydrogens (primary N) is 1. The third-order valence-electron chi connectivity index (χ3n) is 2.74. The highest BCUT2D eigenvalue weighted by molar-refractivity contribution is 7.11. The third kappa shape index (κ3) is 2.60. The van der Waals surface area contributed by atoms with Crippen molar-refractivity contribution in [3.05, 3.63) is 38.8 Å². The van der Waals surface area contributed by atoms with Crippen molar-refractivity contribution in [2.45, 2.75) is 26.8 Å². The number of aromatic nitrogens is 1. The van der Waals surface area contributed by atoms with E-state index >= 15 is 0 Å². The van der Waals surface area contributed by atoms with Crippen LogP contribution in [0.1, 0.15) is 28.5 Å². The average molecular weight is 282 g/mol.